The Labute approximate surface area is 108 Å². The Morgan fingerprint density at radius 1 is 1.44 bits per heavy atom. The minimum absolute atomic E-state index is 0.112. The molecule has 0 aliphatic rings. The van der Waals surface area contributed by atoms with Gasteiger partial charge in [0.2, 0.25) is 10.0 Å². The summed E-state index contributed by atoms with van der Waals surface area (Å²) in [6.07, 6.45) is 0.487. The van der Waals surface area contributed by atoms with Gasteiger partial charge in [-0.05, 0) is 37.1 Å². The van der Waals surface area contributed by atoms with Gasteiger partial charge in [-0.1, -0.05) is 6.92 Å². The highest BCUT2D eigenvalue weighted by molar-refractivity contribution is 7.93. The summed E-state index contributed by atoms with van der Waals surface area (Å²) >= 11 is 0. The minimum Gasteiger partial charge on any atom is -0.497 e. The highest BCUT2D eigenvalue weighted by atomic mass is 32.2. The van der Waals surface area contributed by atoms with Gasteiger partial charge in [-0.3, -0.25) is 4.72 Å². The second-order valence-corrected chi connectivity index (χ2v) is 6.05. The Balaban J connectivity index is 2.97. The molecule has 0 amide bonds. The summed E-state index contributed by atoms with van der Waals surface area (Å²) in [5.41, 5.74) is 6.84. The molecule has 0 spiro atoms. The first-order chi connectivity index (χ1) is 8.44. The maximum atomic E-state index is 12.0. The van der Waals surface area contributed by atoms with E-state index in [1.165, 1.54) is 0 Å². The van der Waals surface area contributed by atoms with Gasteiger partial charge < -0.3 is 10.5 Å². The smallest absolute Gasteiger partial charge is 0.236 e. The van der Waals surface area contributed by atoms with Crippen molar-refractivity contribution in [3.63, 3.8) is 0 Å². The molecule has 0 radical (unpaired) electrons. The van der Waals surface area contributed by atoms with E-state index in [4.69, 9.17) is 10.5 Å². The molecule has 3 N–H and O–H groups in total. The third-order valence-corrected chi connectivity index (χ3v) is 4.75. The molecule has 18 heavy (non-hydrogen) atoms. The van der Waals surface area contributed by atoms with Crippen molar-refractivity contribution >= 4 is 15.7 Å². The van der Waals surface area contributed by atoms with E-state index < -0.39 is 15.3 Å². The molecular formula is C12H20N2O3S. The molecule has 6 heteroatoms. The van der Waals surface area contributed by atoms with Gasteiger partial charge in [0.15, 0.2) is 0 Å². The summed E-state index contributed by atoms with van der Waals surface area (Å²) in [7, 11) is -1.86. The lowest BCUT2D eigenvalue weighted by Gasteiger charge is -2.17. The van der Waals surface area contributed by atoms with Crippen LogP contribution < -0.4 is 15.2 Å². The standard InChI is InChI=1S/C12H20N2O3S/c1-4-11(8-13)18(15,16)14-12-6-5-10(17-3)7-9(12)2/h5-7,11,14H,4,8,13H2,1-3H3. The van der Waals surface area contributed by atoms with Gasteiger partial charge in [-0.25, -0.2) is 8.42 Å². The van der Waals surface area contributed by atoms with Crippen LogP contribution in [0.15, 0.2) is 18.2 Å². The van der Waals surface area contributed by atoms with E-state index in [1.54, 1.807) is 32.2 Å². The zero-order valence-electron chi connectivity index (χ0n) is 10.9. The van der Waals surface area contributed by atoms with E-state index in [2.05, 4.69) is 4.72 Å². The van der Waals surface area contributed by atoms with Crippen LogP contribution in [0.1, 0.15) is 18.9 Å². The molecule has 0 aromatic heterocycles. The van der Waals surface area contributed by atoms with Crippen molar-refractivity contribution in [3.8, 4) is 5.75 Å². The van der Waals surface area contributed by atoms with Gasteiger partial charge in [0.05, 0.1) is 18.0 Å². The number of nitrogens with two attached hydrogens (primary N) is 1. The highest BCUT2D eigenvalue weighted by Crippen LogP contribution is 2.23. The molecule has 1 rings (SSSR count). The van der Waals surface area contributed by atoms with Crippen molar-refractivity contribution in [2.75, 3.05) is 18.4 Å². The highest BCUT2D eigenvalue weighted by Gasteiger charge is 2.22. The van der Waals surface area contributed by atoms with Crippen LogP contribution in [0.4, 0.5) is 5.69 Å². The van der Waals surface area contributed by atoms with Crippen LogP contribution in [0, 0.1) is 6.92 Å². The van der Waals surface area contributed by atoms with Gasteiger partial charge in [0.1, 0.15) is 5.75 Å². The van der Waals surface area contributed by atoms with E-state index in [0.29, 0.717) is 17.9 Å². The van der Waals surface area contributed by atoms with E-state index in [1.807, 2.05) is 6.92 Å². The number of hydrogen-bond donors (Lipinski definition) is 2. The van der Waals surface area contributed by atoms with Crippen LogP contribution >= 0.6 is 0 Å². The normalized spacial score (nSPS) is 13.1. The number of methoxy groups -OCH3 is 1. The summed E-state index contributed by atoms with van der Waals surface area (Å²) < 4.78 is 31.7. The maximum absolute atomic E-state index is 12.0. The van der Waals surface area contributed by atoms with Gasteiger partial charge in [-0.15, -0.1) is 0 Å². The average molecular weight is 272 g/mol. The Morgan fingerprint density at radius 2 is 2.11 bits per heavy atom. The number of ether oxygens (including phenoxy) is 1. The van der Waals surface area contributed by atoms with Crippen molar-refractivity contribution in [3.05, 3.63) is 23.8 Å². The van der Waals surface area contributed by atoms with E-state index >= 15 is 0 Å². The topological polar surface area (TPSA) is 81.4 Å². The molecule has 0 fully saturated rings. The largest absolute Gasteiger partial charge is 0.497 e. The molecule has 0 aliphatic heterocycles. The lowest BCUT2D eigenvalue weighted by atomic mass is 10.2. The fourth-order valence-electron chi connectivity index (χ4n) is 1.63. The number of sulfonamides is 1. The van der Waals surface area contributed by atoms with Gasteiger partial charge >= 0.3 is 0 Å². The average Bonchev–Trinajstić information content (AvgIpc) is 2.32. The molecule has 1 atom stereocenters. The van der Waals surface area contributed by atoms with Crippen LogP contribution in [0.5, 0.6) is 5.75 Å². The molecule has 0 saturated heterocycles. The fraction of sp³-hybridized carbons (Fsp3) is 0.500. The predicted molar refractivity (Wildman–Crippen MR) is 73.4 cm³/mol. The Kier molecular flexibility index (Phi) is 4.98. The number of benzene rings is 1. The number of aryl methyl sites for hydroxylation is 1. The van der Waals surface area contributed by atoms with Crippen LogP contribution in [0.25, 0.3) is 0 Å². The molecule has 0 saturated carbocycles. The lowest BCUT2D eigenvalue weighted by Crippen LogP contribution is -2.33. The van der Waals surface area contributed by atoms with Crippen molar-refractivity contribution in [1.29, 1.82) is 0 Å². The third kappa shape index (κ3) is 3.36. The molecular weight excluding hydrogens is 252 g/mol. The summed E-state index contributed by atoms with van der Waals surface area (Å²) in [5, 5.41) is -0.570. The maximum Gasteiger partial charge on any atom is 0.236 e. The quantitative estimate of drug-likeness (QED) is 0.822. The first-order valence-electron chi connectivity index (χ1n) is 5.81. The van der Waals surface area contributed by atoms with Crippen LogP contribution in [-0.2, 0) is 10.0 Å². The van der Waals surface area contributed by atoms with Crippen LogP contribution in [0.2, 0.25) is 0 Å². The van der Waals surface area contributed by atoms with Crippen molar-refractivity contribution in [2.45, 2.75) is 25.5 Å². The summed E-state index contributed by atoms with van der Waals surface area (Å²) in [6.45, 7) is 3.74. The zero-order valence-corrected chi connectivity index (χ0v) is 11.8. The Hall–Kier alpha value is -1.27. The second kappa shape index (κ2) is 6.06. The number of anilines is 1. The van der Waals surface area contributed by atoms with Crippen LogP contribution in [-0.4, -0.2) is 27.3 Å². The summed E-state index contributed by atoms with van der Waals surface area (Å²) in [5.74, 6) is 0.696. The molecule has 1 aromatic carbocycles. The van der Waals surface area contributed by atoms with Gasteiger partial charge in [0.25, 0.3) is 0 Å². The molecule has 0 aliphatic carbocycles. The van der Waals surface area contributed by atoms with Crippen molar-refractivity contribution in [2.24, 2.45) is 5.73 Å². The van der Waals surface area contributed by atoms with Gasteiger partial charge in [0, 0.05) is 6.54 Å². The first-order valence-corrected chi connectivity index (χ1v) is 7.35. The van der Waals surface area contributed by atoms with E-state index in [9.17, 15) is 8.42 Å². The molecule has 0 heterocycles. The molecule has 1 unspecified atom stereocenters. The summed E-state index contributed by atoms with van der Waals surface area (Å²) in [4.78, 5) is 0. The lowest BCUT2D eigenvalue weighted by molar-refractivity contribution is 0.414. The molecule has 5 nitrogen and oxygen atoms in total. The van der Waals surface area contributed by atoms with Gasteiger partial charge in [-0.2, -0.15) is 0 Å². The minimum atomic E-state index is -3.43. The monoisotopic (exact) mass is 272 g/mol. The first kappa shape index (κ1) is 14.8. The zero-order chi connectivity index (χ0) is 13.8. The van der Waals surface area contributed by atoms with E-state index in [-0.39, 0.29) is 6.54 Å². The van der Waals surface area contributed by atoms with Crippen molar-refractivity contribution in [1.82, 2.24) is 0 Å². The van der Waals surface area contributed by atoms with Crippen LogP contribution in [0.3, 0.4) is 0 Å². The molecule has 1 aromatic rings. The SMILES string of the molecule is CCC(CN)S(=O)(=O)Nc1ccc(OC)cc1C. The number of hydrogen-bond acceptors (Lipinski definition) is 4. The molecule has 0 bridgehead atoms. The Bertz CT molecular complexity index is 496. The molecule has 102 valence electrons. The fourth-order valence-corrected chi connectivity index (χ4v) is 3.02. The number of nitrogens with one attached hydrogen (secondary N) is 1. The van der Waals surface area contributed by atoms with Crippen molar-refractivity contribution < 1.29 is 13.2 Å². The predicted octanol–water partition coefficient (Wildman–Crippen LogP) is 1.48. The third-order valence-electron chi connectivity index (χ3n) is 2.84. The number of rotatable bonds is 6. The summed E-state index contributed by atoms with van der Waals surface area (Å²) in [6, 6.07) is 5.18. The second-order valence-electron chi connectivity index (χ2n) is 4.09. The van der Waals surface area contributed by atoms with E-state index in [0.717, 1.165) is 5.56 Å². The Morgan fingerprint density at radius 3 is 2.56 bits per heavy atom.